The summed E-state index contributed by atoms with van der Waals surface area (Å²) in [6, 6.07) is 12.9. The van der Waals surface area contributed by atoms with Crippen molar-refractivity contribution in [1.82, 2.24) is 15.6 Å². The fraction of sp³-hybridized carbons (Fsp3) is 0.423. The molecule has 0 spiro atoms. The van der Waals surface area contributed by atoms with Crippen molar-refractivity contribution < 1.29 is 9.47 Å². The van der Waals surface area contributed by atoms with E-state index in [0.717, 1.165) is 49.9 Å². The lowest BCUT2D eigenvalue weighted by atomic mass is 10.1. The SMILES string of the molecule is CN=C(NCCc1c[nH]c2cc(C)ccc12)NCc1ccc(C)cc1OCC1CCOC1. The Morgan fingerprint density at radius 2 is 1.97 bits per heavy atom. The van der Waals surface area contributed by atoms with Crippen LogP contribution in [-0.4, -0.2) is 44.4 Å². The zero-order valence-corrected chi connectivity index (χ0v) is 19.3. The summed E-state index contributed by atoms with van der Waals surface area (Å²) in [5.74, 6) is 2.21. The molecule has 0 aliphatic carbocycles. The van der Waals surface area contributed by atoms with E-state index in [0.29, 0.717) is 19.1 Å². The van der Waals surface area contributed by atoms with Crippen LogP contribution in [-0.2, 0) is 17.7 Å². The maximum Gasteiger partial charge on any atom is 0.191 e. The first kappa shape index (κ1) is 22.2. The fourth-order valence-electron chi connectivity index (χ4n) is 4.09. The number of guanidine groups is 1. The Kier molecular flexibility index (Phi) is 7.32. The third-order valence-electron chi connectivity index (χ3n) is 6.00. The van der Waals surface area contributed by atoms with Gasteiger partial charge in [0.2, 0.25) is 0 Å². The molecular formula is C26H34N4O2. The van der Waals surface area contributed by atoms with Crippen LogP contribution in [0.2, 0.25) is 0 Å². The highest BCUT2D eigenvalue weighted by Crippen LogP contribution is 2.23. The Hall–Kier alpha value is -2.99. The first-order valence-corrected chi connectivity index (χ1v) is 11.4. The van der Waals surface area contributed by atoms with Crippen LogP contribution in [0.25, 0.3) is 10.9 Å². The van der Waals surface area contributed by atoms with Gasteiger partial charge in [-0.3, -0.25) is 4.99 Å². The van der Waals surface area contributed by atoms with Gasteiger partial charge in [-0.15, -0.1) is 0 Å². The van der Waals surface area contributed by atoms with Crippen LogP contribution in [0.15, 0.2) is 47.6 Å². The van der Waals surface area contributed by atoms with Crippen LogP contribution in [0.5, 0.6) is 5.75 Å². The molecule has 0 saturated carbocycles. The number of ether oxygens (including phenoxy) is 2. The lowest BCUT2D eigenvalue weighted by Gasteiger charge is -2.17. The van der Waals surface area contributed by atoms with Crippen molar-refractivity contribution in [2.24, 2.45) is 10.9 Å². The first-order chi connectivity index (χ1) is 15.6. The van der Waals surface area contributed by atoms with Crippen LogP contribution in [0, 0.1) is 19.8 Å². The van der Waals surface area contributed by atoms with Crippen LogP contribution in [0.4, 0.5) is 0 Å². The highest BCUT2D eigenvalue weighted by atomic mass is 16.5. The van der Waals surface area contributed by atoms with Crippen molar-refractivity contribution in [3.8, 4) is 5.75 Å². The molecule has 2 aromatic carbocycles. The summed E-state index contributed by atoms with van der Waals surface area (Å²) in [4.78, 5) is 7.76. The number of aromatic amines is 1. The highest BCUT2D eigenvalue weighted by Gasteiger charge is 2.17. The molecule has 0 amide bonds. The summed E-state index contributed by atoms with van der Waals surface area (Å²) in [7, 11) is 1.80. The lowest BCUT2D eigenvalue weighted by Crippen LogP contribution is -2.37. The maximum absolute atomic E-state index is 6.16. The average Bonchev–Trinajstić information content (AvgIpc) is 3.45. The number of nitrogens with one attached hydrogen (secondary N) is 3. The van der Waals surface area contributed by atoms with Gasteiger partial charge in [0, 0.05) is 55.3 Å². The number of aryl methyl sites for hydroxylation is 2. The van der Waals surface area contributed by atoms with Gasteiger partial charge < -0.3 is 25.1 Å². The van der Waals surface area contributed by atoms with E-state index in [9.17, 15) is 0 Å². The lowest BCUT2D eigenvalue weighted by molar-refractivity contribution is 0.166. The van der Waals surface area contributed by atoms with Crippen molar-refractivity contribution in [3.05, 3.63) is 64.8 Å². The standard InChI is InChI=1S/C26H34N4O2/c1-18-5-7-23-21(14-29-24(23)12-18)8-10-28-26(27-3)30-15-22-6-4-19(2)13-25(22)32-17-20-9-11-31-16-20/h4-7,12-14,20,29H,8-11,15-17H2,1-3H3,(H2,27,28,30). The highest BCUT2D eigenvalue weighted by molar-refractivity contribution is 5.84. The number of aromatic nitrogens is 1. The molecule has 2 heterocycles. The van der Waals surface area contributed by atoms with E-state index in [1.165, 1.54) is 27.6 Å². The minimum Gasteiger partial charge on any atom is -0.493 e. The van der Waals surface area contributed by atoms with Gasteiger partial charge in [0.25, 0.3) is 0 Å². The summed E-state index contributed by atoms with van der Waals surface area (Å²) in [5, 5.41) is 8.14. The molecule has 4 rings (SSSR count). The smallest absolute Gasteiger partial charge is 0.191 e. The van der Waals surface area contributed by atoms with Gasteiger partial charge >= 0.3 is 0 Å². The molecule has 1 saturated heterocycles. The number of hydrogen-bond donors (Lipinski definition) is 3. The predicted octanol–water partition coefficient (Wildman–Crippen LogP) is 4.11. The average molecular weight is 435 g/mol. The summed E-state index contributed by atoms with van der Waals surface area (Å²) in [5.41, 5.74) is 6.10. The van der Waals surface area contributed by atoms with E-state index in [1.54, 1.807) is 7.05 Å². The maximum atomic E-state index is 6.16. The molecular weight excluding hydrogens is 400 g/mol. The fourth-order valence-corrected chi connectivity index (χ4v) is 4.09. The zero-order chi connectivity index (χ0) is 22.3. The van der Waals surface area contributed by atoms with E-state index in [1.807, 2.05) is 0 Å². The molecule has 6 heteroatoms. The van der Waals surface area contributed by atoms with E-state index in [4.69, 9.17) is 9.47 Å². The second kappa shape index (κ2) is 10.6. The molecule has 1 aliphatic rings. The molecule has 1 aromatic heterocycles. The van der Waals surface area contributed by atoms with Gasteiger partial charge in [0.1, 0.15) is 5.75 Å². The zero-order valence-electron chi connectivity index (χ0n) is 19.3. The van der Waals surface area contributed by atoms with Crippen LogP contribution < -0.4 is 15.4 Å². The van der Waals surface area contributed by atoms with E-state index < -0.39 is 0 Å². The van der Waals surface area contributed by atoms with Crippen molar-refractivity contribution in [1.29, 1.82) is 0 Å². The molecule has 3 N–H and O–H groups in total. The van der Waals surface area contributed by atoms with Crippen LogP contribution in [0.3, 0.4) is 0 Å². The monoisotopic (exact) mass is 434 g/mol. The first-order valence-electron chi connectivity index (χ1n) is 11.4. The minimum atomic E-state index is 0.485. The number of fused-ring (bicyclic) bond motifs is 1. The Labute approximate surface area is 190 Å². The summed E-state index contributed by atoms with van der Waals surface area (Å²) >= 11 is 0. The van der Waals surface area contributed by atoms with Gasteiger partial charge in [-0.05, 0) is 55.5 Å². The molecule has 3 aromatic rings. The van der Waals surface area contributed by atoms with Crippen LogP contribution >= 0.6 is 0 Å². The van der Waals surface area contributed by atoms with Crippen LogP contribution in [0.1, 0.15) is 28.7 Å². The van der Waals surface area contributed by atoms with E-state index in [2.05, 4.69) is 77.1 Å². The van der Waals surface area contributed by atoms with Crippen molar-refractivity contribution >= 4 is 16.9 Å². The Morgan fingerprint density at radius 1 is 1.12 bits per heavy atom. The molecule has 0 radical (unpaired) electrons. The molecule has 1 fully saturated rings. The second-order valence-electron chi connectivity index (χ2n) is 8.62. The van der Waals surface area contributed by atoms with Crippen molar-refractivity contribution in [2.75, 3.05) is 33.4 Å². The minimum absolute atomic E-state index is 0.485. The summed E-state index contributed by atoms with van der Waals surface area (Å²) < 4.78 is 11.6. The van der Waals surface area contributed by atoms with Gasteiger partial charge in [-0.25, -0.2) is 0 Å². The van der Waals surface area contributed by atoms with E-state index in [-0.39, 0.29) is 0 Å². The number of H-pyrrole nitrogens is 1. The topological polar surface area (TPSA) is 70.7 Å². The number of rotatable bonds is 8. The molecule has 1 unspecified atom stereocenters. The van der Waals surface area contributed by atoms with Crippen molar-refractivity contribution in [3.63, 3.8) is 0 Å². The molecule has 32 heavy (non-hydrogen) atoms. The normalized spacial score (nSPS) is 16.5. The van der Waals surface area contributed by atoms with Crippen molar-refractivity contribution in [2.45, 2.75) is 33.2 Å². The molecule has 6 nitrogen and oxygen atoms in total. The third kappa shape index (κ3) is 5.62. The number of nitrogens with zero attached hydrogens (tertiary/aromatic N) is 1. The van der Waals surface area contributed by atoms with Gasteiger partial charge in [-0.2, -0.15) is 0 Å². The van der Waals surface area contributed by atoms with E-state index >= 15 is 0 Å². The number of hydrogen-bond acceptors (Lipinski definition) is 3. The Balaban J connectivity index is 1.30. The molecule has 0 bridgehead atoms. The van der Waals surface area contributed by atoms with Gasteiger partial charge in [0.05, 0.1) is 13.2 Å². The molecule has 1 atom stereocenters. The largest absolute Gasteiger partial charge is 0.493 e. The third-order valence-corrected chi connectivity index (χ3v) is 6.00. The molecule has 170 valence electrons. The van der Waals surface area contributed by atoms with Gasteiger partial charge in [0.15, 0.2) is 5.96 Å². The molecule has 1 aliphatic heterocycles. The second-order valence-corrected chi connectivity index (χ2v) is 8.62. The Morgan fingerprint density at radius 3 is 2.78 bits per heavy atom. The quantitative estimate of drug-likeness (QED) is 0.369. The van der Waals surface area contributed by atoms with Gasteiger partial charge in [-0.1, -0.05) is 24.3 Å². The predicted molar refractivity (Wildman–Crippen MR) is 131 cm³/mol. The summed E-state index contributed by atoms with van der Waals surface area (Å²) in [6.45, 7) is 8.01. The number of benzene rings is 2. The number of aliphatic imine (C=N–C) groups is 1. The Bertz CT molecular complexity index is 1070. The summed E-state index contributed by atoms with van der Waals surface area (Å²) in [6.07, 6.45) is 4.10.